The first kappa shape index (κ1) is 108. The van der Waals surface area contributed by atoms with E-state index in [0.717, 1.165) is 102 Å². The zero-order valence-corrected chi connectivity index (χ0v) is 88.0. The van der Waals surface area contributed by atoms with Crippen molar-refractivity contribution in [1.29, 1.82) is 0 Å². The Morgan fingerprint density at radius 3 is 0.966 bits per heavy atom. The molecule has 4 N–H and O–H groups in total. The van der Waals surface area contributed by atoms with Crippen LogP contribution in [0.5, 0.6) is 0 Å². The fourth-order valence-corrected chi connectivity index (χ4v) is 19.0. The van der Waals surface area contributed by atoms with Crippen LogP contribution in [-0.4, -0.2) is 140 Å². The molecule has 12 aromatic heterocycles. The van der Waals surface area contributed by atoms with Crippen molar-refractivity contribution < 1.29 is 23.6 Å². The maximum atomic E-state index is 13.7. The average molecular weight is 2010 g/mol. The number of aromatic nitrogens is 24. The molecule has 756 valence electrons. The largest absolute Gasteiger partial charge is 0.382 e. The van der Waals surface area contributed by atoms with Crippen molar-refractivity contribution in [2.75, 3.05) is 16.6 Å². The van der Waals surface area contributed by atoms with Crippen LogP contribution >= 0.6 is 23.2 Å². The molecule has 34 heteroatoms. The average Bonchev–Trinajstić information content (AvgIpc) is 1.01. The SMILES string of the molecule is CC1=C(/C=C/C(C)=C/C=C/C(C)=C/C(=O)Nn2cnc3c(Cl)ncnc32)C(C)(C)CCC1n1ccnc1.CC1=C(/C=C/C(C)=C/C=C/C(C)=C/C(=O)Nn2cnc3c(N)ncnc32)C(C)(C)CCC1n1ccnc1.CC1=C(/C=C/C(C)=C/C=C/C(C)=C/C(=O)n2cnc3c(Cl)ncnc32)C(C)(C)CCC1n1ccnc1.CC1=C(/C=C/C(C)=C/C=C/C(C)=C/C(=O)n2cnc3c(F)ncnc32)C(C)(C)CCC1n1ccnc1. The predicted molar refractivity (Wildman–Crippen MR) is 577 cm³/mol. The molecule has 0 saturated carbocycles. The van der Waals surface area contributed by atoms with Crippen LogP contribution in [0.1, 0.15) is 224 Å². The minimum atomic E-state index is -0.749. The number of carbonyl (C=O) groups is 4. The van der Waals surface area contributed by atoms with Gasteiger partial charge in [0, 0.05) is 73.9 Å². The predicted octanol–water partition coefficient (Wildman–Crippen LogP) is 24.1. The summed E-state index contributed by atoms with van der Waals surface area (Å²) < 4.78 is 27.9. The van der Waals surface area contributed by atoms with Crippen LogP contribution in [0, 0.1) is 27.6 Å². The molecule has 0 aromatic carbocycles. The van der Waals surface area contributed by atoms with E-state index in [9.17, 15) is 23.6 Å². The summed E-state index contributed by atoms with van der Waals surface area (Å²) in [6.45, 7) is 43.1. The van der Waals surface area contributed by atoms with Gasteiger partial charge in [-0.25, -0.2) is 98.2 Å². The van der Waals surface area contributed by atoms with Gasteiger partial charge in [-0.05, 0) is 223 Å². The summed E-state index contributed by atoms with van der Waals surface area (Å²) in [5.41, 5.74) is 33.0. The van der Waals surface area contributed by atoms with Crippen molar-refractivity contribution in [2.24, 2.45) is 21.7 Å². The second-order valence-electron chi connectivity index (χ2n) is 39.7. The molecule has 0 radical (unpaired) electrons. The van der Waals surface area contributed by atoms with Gasteiger partial charge in [0.05, 0.1) is 49.5 Å². The molecule has 4 atom stereocenters. The van der Waals surface area contributed by atoms with Crippen molar-refractivity contribution in [1.82, 2.24) is 116 Å². The monoisotopic (exact) mass is 2000 g/mol. The van der Waals surface area contributed by atoms with Gasteiger partial charge in [0.15, 0.2) is 49.7 Å². The van der Waals surface area contributed by atoms with Crippen LogP contribution in [0.4, 0.5) is 10.2 Å². The van der Waals surface area contributed by atoms with Crippen molar-refractivity contribution in [2.45, 2.75) is 214 Å². The Labute approximate surface area is 861 Å². The van der Waals surface area contributed by atoms with Gasteiger partial charge in [-0.1, -0.05) is 222 Å². The Balaban J connectivity index is 0.000000163. The number of nitrogens with one attached hydrogen (secondary N) is 2. The van der Waals surface area contributed by atoms with Gasteiger partial charge in [0.2, 0.25) is 5.95 Å². The van der Waals surface area contributed by atoms with Gasteiger partial charge in [0.25, 0.3) is 23.6 Å². The number of fused-ring (bicyclic) bond motifs is 4. The summed E-state index contributed by atoms with van der Waals surface area (Å²) in [5.74, 6) is -1.68. The zero-order chi connectivity index (χ0) is 105. The fraction of sp³-hybridized carbons (Fsp3) is 0.321. The molecule has 0 saturated heterocycles. The third-order valence-corrected chi connectivity index (χ3v) is 27.4. The number of anilines is 1. The number of hydrogen-bond donors (Lipinski definition) is 3. The summed E-state index contributed by atoms with van der Waals surface area (Å²) in [5, 5.41) is 0.459. The fourth-order valence-electron chi connectivity index (χ4n) is 18.7. The van der Waals surface area contributed by atoms with E-state index >= 15 is 0 Å². The Morgan fingerprint density at radius 1 is 0.349 bits per heavy atom. The molecule has 0 spiro atoms. The van der Waals surface area contributed by atoms with Gasteiger partial charge in [-0.15, -0.1) is 0 Å². The van der Waals surface area contributed by atoms with Gasteiger partial charge >= 0.3 is 0 Å². The number of amides is 2. The molecule has 4 aliphatic carbocycles. The molecule has 12 aromatic rings. The van der Waals surface area contributed by atoms with Gasteiger partial charge in [0.1, 0.15) is 61.7 Å². The molecule has 4 aliphatic rings. The van der Waals surface area contributed by atoms with Crippen molar-refractivity contribution >= 4 is 97.3 Å². The van der Waals surface area contributed by atoms with Crippen LogP contribution in [0.2, 0.25) is 10.3 Å². The van der Waals surface area contributed by atoms with Crippen molar-refractivity contribution in [3.63, 3.8) is 0 Å². The molecular weight excluding hydrogens is 1880 g/mol. The normalized spacial score (nSPS) is 19.1. The number of rotatable bonds is 26. The van der Waals surface area contributed by atoms with Crippen LogP contribution in [0.3, 0.4) is 0 Å². The first-order chi connectivity index (χ1) is 69.6. The number of allylic oxidation sites excluding steroid dienone is 38. The van der Waals surface area contributed by atoms with Gasteiger partial charge in [-0.3, -0.25) is 30.0 Å². The zero-order valence-electron chi connectivity index (χ0n) is 86.4. The lowest BCUT2D eigenvalue weighted by molar-refractivity contribution is -0.113. The second kappa shape index (κ2) is 48.2. The van der Waals surface area contributed by atoms with E-state index in [1.54, 1.807) is 6.08 Å². The first-order valence-electron chi connectivity index (χ1n) is 48.4. The molecule has 0 aliphatic heterocycles. The second-order valence-corrected chi connectivity index (χ2v) is 40.4. The lowest BCUT2D eigenvalue weighted by atomic mass is 9.71. The molecule has 12 heterocycles. The molecule has 4 unspecified atom stereocenters. The van der Waals surface area contributed by atoms with Crippen molar-refractivity contribution in [3.05, 3.63) is 377 Å². The van der Waals surface area contributed by atoms with Gasteiger partial charge in [-0.2, -0.15) is 4.39 Å². The molecule has 16 rings (SSSR count). The molecule has 146 heavy (non-hydrogen) atoms. The summed E-state index contributed by atoms with van der Waals surface area (Å²) in [4.78, 5) is 115. The van der Waals surface area contributed by atoms with E-state index < -0.39 is 5.95 Å². The molecule has 31 nitrogen and oxygen atoms in total. The van der Waals surface area contributed by atoms with Crippen LogP contribution in [-0.2, 0) is 9.59 Å². The minimum Gasteiger partial charge on any atom is -0.382 e. The topological polar surface area (TPSA) is 364 Å². The maximum Gasteiger partial charge on any atom is 0.263 e. The highest BCUT2D eigenvalue weighted by molar-refractivity contribution is 6.34. The van der Waals surface area contributed by atoms with E-state index in [2.05, 4.69) is 268 Å². The quantitative estimate of drug-likeness (QED) is 0.0257. The lowest BCUT2D eigenvalue weighted by Crippen LogP contribution is -2.25. The number of hydrogen-bond acceptors (Lipinski definition) is 21. The Hall–Kier alpha value is -15.6. The Kier molecular flexibility index (Phi) is 35.6. The van der Waals surface area contributed by atoms with E-state index in [1.165, 1.54) is 126 Å². The van der Waals surface area contributed by atoms with Gasteiger partial charge < -0.3 is 24.0 Å². The third kappa shape index (κ3) is 27.3. The van der Waals surface area contributed by atoms with E-state index in [1.807, 2.05) is 175 Å². The highest BCUT2D eigenvalue weighted by atomic mass is 35.5. The number of nitrogen functional groups attached to an aromatic ring is 1. The summed E-state index contributed by atoms with van der Waals surface area (Å²) in [6, 6.07) is 1.39. The Bertz CT molecular complexity index is 7030. The first-order valence-corrected chi connectivity index (χ1v) is 49.2. The molecule has 0 bridgehead atoms. The van der Waals surface area contributed by atoms with Crippen molar-refractivity contribution in [3.8, 4) is 0 Å². The number of nitrogens with two attached hydrogens (primary N) is 1. The third-order valence-electron chi connectivity index (χ3n) is 26.8. The van der Waals surface area contributed by atoms with E-state index in [4.69, 9.17) is 28.9 Å². The highest BCUT2D eigenvalue weighted by Gasteiger charge is 2.37. The standard InChI is InChI=1S/C28H32ClN7O.C28H31ClN6O.C28H31FN6O.C28H34N8O/c1-19(9-10-22-21(3)23(11-12-28(22,4)5)35-14-13-30-17-35)7-6-8-20(2)15-24(37)34-36-18-33-25-26(29)31-16-32-27(25)36;2*1-19(9-10-22-21(3)23(11-12-28(22,4)5)34-14-13-30-17-34)7-6-8-20(2)15-24(36)35-18-33-25-26(29)31-16-32-27(25)35;1-19(9-10-22-21(3)23(11-12-28(22,4)5)35-14-13-30-17-35)7-6-8-20(2)15-24(37)34-36-18-33-25-26(29)31-16-32-27(25)36/h6-10,13-18,23H,11-12H2,1-5H3,(H,34,37);2*6-10,13-18,23H,11-12H2,1-5H3;6-10,13-18,23H,11-12H2,1-5H3,(H,34,37)(H2,29,31,32)/b4*8-6+,10-9+,19-7+,20-15+. The van der Waals surface area contributed by atoms with E-state index in [-0.39, 0.29) is 72.6 Å². The van der Waals surface area contributed by atoms with Crippen LogP contribution < -0.4 is 16.6 Å². The summed E-state index contributed by atoms with van der Waals surface area (Å²) in [6.07, 6.45) is 89.7. The lowest BCUT2D eigenvalue weighted by Gasteiger charge is -2.38. The summed E-state index contributed by atoms with van der Waals surface area (Å²) in [7, 11) is 0. The maximum absolute atomic E-state index is 13.7. The number of carbonyl (C=O) groups excluding carboxylic acids is 4. The van der Waals surface area contributed by atoms with E-state index in [0.29, 0.717) is 57.7 Å². The minimum absolute atomic E-state index is 0.0272. The molecule has 2 amide bonds. The molecule has 0 fully saturated rings. The smallest absolute Gasteiger partial charge is 0.263 e. The number of halogens is 3. The highest BCUT2D eigenvalue weighted by Crippen LogP contribution is 2.50. The summed E-state index contributed by atoms with van der Waals surface area (Å²) >= 11 is 12.0. The molecular formula is C112H128Cl2FN27O4. The number of imidazole rings is 8. The number of nitrogens with zero attached hydrogens (tertiary/aromatic N) is 24. The Morgan fingerprint density at radius 2 is 0.630 bits per heavy atom. The van der Waals surface area contributed by atoms with Crippen LogP contribution in [0.25, 0.3) is 44.7 Å². The van der Waals surface area contributed by atoms with Crippen LogP contribution in [0.15, 0.2) is 360 Å².